The van der Waals surface area contributed by atoms with Crippen LogP contribution in [0, 0.1) is 5.82 Å². The van der Waals surface area contributed by atoms with E-state index in [-0.39, 0.29) is 5.82 Å². The molecule has 1 nitrogen and oxygen atoms in total. The molecule has 1 aromatic carbocycles. The minimum Gasteiger partial charge on any atom is -0.366 e. The van der Waals surface area contributed by atoms with Crippen molar-refractivity contribution in [3.05, 3.63) is 29.6 Å². The van der Waals surface area contributed by atoms with Gasteiger partial charge in [-0.05, 0) is 37.5 Å². The second-order valence-corrected chi connectivity index (χ2v) is 5.37. The summed E-state index contributed by atoms with van der Waals surface area (Å²) in [5, 5.41) is 0.708. The largest absolute Gasteiger partial charge is 0.366 e. The van der Waals surface area contributed by atoms with Crippen molar-refractivity contribution in [2.45, 2.75) is 44.0 Å². The van der Waals surface area contributed by atoms with Crippen molar-refractivity contribution in [2.24, 2.45) is 0 Å². The maximum atomic E-state index is 14.1. The Morgan fingerprint density at radius 1 is 1.35 bits per heavy atom. The first-order valence-electron chi connectivity index (χ1n) is 6.33. The van der Waals surface area contributed by atoms with Gasteiger partial charge in [-0.1, -0.05) is 34.8 Å². The molecule has 0 bridgehead atoms. The molecule has 0 aliphatic carbocycles. The molecule has 0 N–H and O–H groups in total. The van der Waals surface area contributed by atoms with E-state index >= 15 is 0 Å². The molecule has 0 radical (unpaired) electrons. The number of rotatable bonds is 2. The summed E-state index contributed by atoms with van der Waals surface area (Å²) >= 11 is 3.36. The summed E-state index contributed by atoms with van der Waals surface area (Å²) in [6.07, 6.45) is 4.87. The molecule has 3 heteroatoms. The summed E-state index contributed by atoms with van der Waals surface area (Å²) in [7, 11) is 0. The molecule has 1 heterocycles. The first kappa shape index (κ1) is 12.9. The van der Waals surface area contributed by atoms with Gasteiger partial charge in [-0.15, -0.1) is 0 Å². The highest BCUT2D eigenvalue weighted by Crippen LogP contribution is 2.27. The number of nitrogens with zero attached hydrogens (tertiary/aromatic N) is 1. The van der Waals surface area contributed by atoms with E-state index in [1.807, 2.05) is 12.1 Å². The summed E-state index contributed by atoms with van der Waals surface area (Å²) < 4.78 is 14.1. The first-order valence-corrected chi connectivity index (χ1v) is 7.45. The van der Waals surface area contributed by atoms with Crippen LogP contribution in [0.25, 0.3) is 0 Å². The minimum absolute atomic E-state index is 0.0873. The van der Waals surface area contributed by atoms with Crippen LogP contribution < -0.4 is 4.90 Å². The first-order chi connectivity index (χ1) is 8.22. The zero-order valence-electron chi connectivity index (χ0n) is 10.3. The van der Waals surface area contributed by atoms with Crippen molar-refractivity contribution in [3.8, 4) is 0 Å². The van der Waals surface area contributed by atoms with E-state index in [0.29, 0.717) is 11.4 Å². The number of anilines is 1. The van der Waals surface area contributed by atoms with Crippen molar-refractivity contribution in [2.75, 3.05) is 11.4 Å². The molecule has 1 saturated heterocycles. The van der Waals surface area contributed by atoms with Crippen molar-refractivity contribution in [1.29, 1.82) is 0 Å². The molecule has 0 amide bonds. The quantitative estimate of drug-likeness (QED) is 0.727. The summed E-state index contributed by atoms with van der Waals surface area (Å²) in [5.74, 6) is -0.0873. The molecule has 17 heavy (non-hydrogen) atoms. The van der Waals surface area contributed by atoms with E-state index in [1.54, 1.807) is 6.07 Å². The van der Waals surface area contributed by atoms with E-state index in [2.05, 4.69) is 27.8 Å². The molecule has 1 aliphatic rings. The molecule has 94 valence electrons. The number of hydrogen-bond acceptors (Lipinski definition) is 1. The van der Waals surface area contributed by atoms with Gasteiger partial charge in [-0.3, -0.25) is 0 Å². The van der Waals surface area contributed by atoms with E-state index in [9.17, 15) is 4.39 Å². The molecule has 1 atom stereocenters. The smallest absolute Gasteiger partial charge is 0.146 e. The third-order valence-corrected chi connectivity index (χ3v) is 4.18. The van der Waals surface area contributed by atoms with Crippen molar-refractivity contribution < 1.29 is 4.39 Å². The summed E-state index contributed by atoms with van der Waals surface area (Å²) in [6.45, 7) is 3.18. The Morgan fingerprint density at radius 3 is 2.88 bits per heavy atom. The van der Waals surface area contributed by atoms with Gasteiger partial charge in [-0.2, -0.15) is 0 Å². The van der Waals surface area contributed by atoms with Crippen LogP contribution in [0.2, 0.25) is 0 Å². The lowest BCUT2D eigenvalue weighted by Gasteiger charge is -2.29. The maximum Gasteiger partial charge on any atom is 0.146 e. The Labute approximate surface area is 111 Å². The fourth-order valence-corrected chi connectivity index (χ4v) is 2.85. The van der Waals surface area contributed by atoms with Gasteiger partial charge < -0.3 is 4.90 Å². The number of benzene rings is 1. The lowest BCUT2D eigenvalue weighted by atomic mass is 10.1. The Bertz CT molecular complexity index is 380. The number of alkyl halides is 1. The number of hydrogen-bond donors (Lipinski definition) is 0. The van der Waals surface area contributed by atoms with Crippen LogP contribution in [0.1, 0.15) is 38.2 Å². The Kier molecular flexibility index (Phi) is 4.43. The highest BCUT2D eigenvalue weighted by Gasteiger charge is 2.19. The van der Waals surface area contributed by atoms with Crippen LogP contribution in [-0.4, -0.2) is 12.6 Å². The molecule has 1 aliphatic heterocycles. The fourth-order valence-electron chi connectivity index (χ4n) is 2.50. The lowest BCUT2D eigenvalue weighted by Crippen LogP contribution is -2.33. The normalized spacial score (nSPS) is 21.4. The zero-order valence-corrected chi connectivity index (χ0v) is 11.8. The minimum atomic E-state index is -0.0873. The average molecular weight is 300 g/mol. The summed E-state index contributed by atoms with van der Waals surface area (Å²) in [5.41, 5.74) is 1.76. The van der Waals surface area contributed by atoms with Crippen LogP contribution in [0.15, 0.2) is 18.2 Å². The average Bonchev–Trinajstić information content (AvgIpc) is 2.54. The van der Waals surface area contributed by atoms with Crippen LogP contribution in [0.4, 0.5) is 10.1 Å². The van der Waals surface area contributed by atoms with Gasteiger partial charge in [0.05, 0.1) is 5.69 Å². The van der Waals surface area contributed by atoms with Gasteiger partial charge in [0, 0.05) is 17.9 Å². The van der Waals surface area contributed by atoms with E-state index in [4.69, 9.17) is 0 Å². The molecule has 2 rings (SSSR count). The van der Waals surface area contributed by atoms with E-state index in [1.165, 1.54) is 25.7 Å². The predicted octanol–water partition coefficient (Wildman–Crippen LogP) is 4.49. The van der Waals surface area contributed by atoms with Gasteiger partial charge >= 0.3 is 0 Å². The molecular formula is C14H19BrFN. The molecule has 0 aromatic heterocycles. The standard InChI is InChI=1S/C14H19BrFN/c1-11-5-3-2-4-8-17(11)14-7-6-12(10-15)9-13(14)16/h6-7,9,11H,2-5,8,10H2,1H3. The Morgan fingerprint density at radius 2 is 2.18 bits per heavy atom. The Hall–Kier alpha value is -0.570. The summed E-state index contributed by atoms with van der Waals surface area (Å²) in [6, 6.07) is 6.02. The second-order valence-electron chi connectivity index (χ2n) is 4.81. The van der Waals surface area contributed by atoms with Crippen LogP contribution >= 0.6 is 15.9 Å². The highest BCUT2D eigenvalue weighted by molar-refractivity contribution is 9.08. The van der Waals surface area contributed by atoms with Crippen molar-refractivity contribution in [1.82, 2.24) is 0 Å². The van der Waals surface area contributed by atoms with Gasteiger partial charge in [0.2, 0.25) is 0 Å². The van der Waals surface area contributed by atoms with Crippen molar-refractivity contribution >= 4 is 21.6 Å². The van der Waals surface area contributed by atoms with Crippen LogP contribution in [-0.2, 0) is 5.33 Å². The van der Waals surface area contributed by atoms with E-state index in [0.717, 1.165) is 17.8 Å². The van der Waals surface area contributed by atoms with Gasteiger partial charge in [0.25, 0.3) is 0 Å². The third-order valence-electron chi connectivity index (χ3n) is 3.53. The lowest BCUT2D eigenvalue weighted by molar-refractivity contribution is 0.580. The third kappa shape index (κ3) is 3.01. The van der Waals surface area contributed by atoms with Gasteiger partial charge in [0.15, 0.2) is 0 Å². The molecule has 1 aromatic rings. The molecule has 1 fully saturated rings. The predicted molar refractivity (Wildman–Crippen MR) is 74.3 cm³/mol. The zero-order chi connectivity index (χ0) is 12.3. The van der Waals surface area contributed by atoms with Gasteiger partial charge in [-0.25, -0.2) is 4.39 Å². The van der Waals surface area contributed by atoms with Crippen molar-refractivity contribution in [3.63, 3.8) is 0 Å². The highest BCUT2D eigenvalue weighted by atomic mass is 79.9. The molecule has 1 unspecified atom stereocenters. The number of halogens is 2. The van der Waals surface area contributed by atoms with Crippen LogP contribution in [0.3, 0.4) is 0 Å². The molecule has 0 saturated carbocycles. The van der Waals surface area contributed by atoms with E-state index < -0.39 is 0 Å². The summed E-state index contributed by atoms with van der Waals surface area (Å²) in [4.78, 5) is 2.22. The molecule has 0 spiro atoms. The fraction of sp³-hybridized carbons (Fsp3) is 0.571. The van der Waals surface area contributed by atoms with Gasteiger partial charge in [0.1, 0.15) is 5.82 Å². The second kappa shape index (κ2) is 5.85. The SMILES string of the molecule is CC1CCCCCN1c1ccc(CBr)cc1F. The topological polar surface area (TPSA) is 3.24 Å². The Balaban J connectivity index is 2.25. The maximum absolute atomic E-state index is 14.1. The molecular weight excluding hydrogens is 281 g/mol. The van der Waals surface area contributed by atoms with Crippen LogP contribution in [0.5, 0.6) is 0 Å². The monoisotopic (exact) mass is 299 g/mol.